The van der Waals surface area contributed by atoms with Gasteiger partial charge in [-0.15, -0.1) is 0 Å². The second-order valence-electron chi connectivity index (χ2n) is 6.16. The van der Waals surface area contributed by atoms with Crippen molar-refractivity contribution in [3.05, 3.63) is 89.7 Å². The lowest BCUT2D eigenvalue weighted by molar-refractivity contribution is -0.137. The molecule has 2 amide bonds. The van der Waals surface area contributed by atoms with E-state index in [0.29, 0.717) is 5.69 Å². The Morgan fingerprint density at radius 2 is 1.69 bits per heavy atom. The van der Waals surface area contributed by atoms with Crippen LogP contribution in [0.4, 0.5) is 24.5 Å². The number of halogens is 3. The summed E-state index contributed by atoms with van der Waals surface area (Å²) in [6.07, 6.45) is -3.22. The Morgan fingerprint density at radius 3 is 2.38 bits per heavy atom. The van der Waals surface area contributed by atoms with Crippen LogP contribution in [-0.2, 0) is 6.18 Å². The average molecular weight is 399 g/mol. The molecule has 2 aromatic carbocycles. The summed E-state index contributed by atoms with van der Waals surface area (Å²) < 4.78 is 38.5. The Hall–Kier alpha value is -3.68. The van der Waals surface area contributed by atoms with Crippen molar-refractivity contribution in [1.82, 2.24) is 4.98 Å². The number of aromatic nitrogens is 1. The molecular weight excluding hydrogens is 383 g/mol. The van der Waals surface area contributed by atoms with Crippen LogP contribution in [0.25, 0.3) is 0 Å². The summed E-state index contributed by atoms with van der Waals surface area (Å²) in [5, 5.41) is 2.41. The van der Waals surface area contributed by atoms with Crippen LogP contribution >= 0.6 is 0 Å². The van der Waals surface area contributed by atoms with E-state index in [1.54, 1.807) is 31.3 Å². The highest BCUT2D eigenvalue weighted by Gasteiger charge is 2.30. The van der Waals surface area contributed by atoms with Crippen molar-refractivity contribution >= 4 is 23.2 Å². The van der Waals surface area contributed by atoms with Gasteiger partial charge in [0.05, 0.1) is 5.56 Å². The minimum atomic E-state index is -4.51. The third-order valence-electron chi connectivity index (χ3n) is 4.14. The predicted molar refractivity (Wildman–Crippen MR) is 103 cm³/mol. The molecule has 0 atom stereocenters. The van der Waals surface area contributed by atoms with Gasteiger partial charge in [0, 0.05) is 30.2 Å². The monoisotopic (exact) mass is 399 g/mol. The van der Waals surface area contributed by atoms with Gasteiger partial charge in [0.25, 0.3) is 11.8 Å². The van der Waals surface area contributed by atoms with Crippen LogP contribution in [0.15, 0.2) is 72.9 Å². The highest BCUT2D eigenvalue weighted by molar-refractivity contribution is 6.08. The second-order valence-corrected chi connectivity index (χ2v) is 6.16. The van der Waals surface area contributed by atoms with E-state index in [9.17, 15) is 22.8 Å². The third kappa shape index (κ3) is 4.78. The fourth-order valence-electron chi connectivity index (χ4n) is 2.61. The zero-order valence-electron chi connectivity index (χ0n) is 15.3. The van der Waals surface area contributed by atoms with Gasteiger partial charge in [-0.05, 0) is 42.5 Å². The zero-order chi connectivity index (χ0) is 21.0. The highest BCUT2D eigenvalue weighted by Crippen LogP contribution is 2.30. The van der Waals surface area contributed by atoms with E-state index in [1.165, 1.54) is 35.4 Å². The number of amides is 2. The quantitative estimate of drug-likeness (QED) is 0.696. The van der Waals surface area contributed by atoms with Crippen LogP contribution in [0, 0.1) is 0 Å². The lowest BCUT2D eigenvalue weighted by Crippen LogP contribution is -2.27. The lowest BCUT2D eigenvalue weighted by atomic mass is 10.1. The number of nitrogens with one attached hydrogen (secondary N) is 1. The lowest BCUT2D eigenvalue weighted by Gasteiger charge is -2.17. The van der Waals surface area contributed by atoms with Gasteiger partial charge in [0.15, 0.2) is 0 Å². The topological polar surface area (TPSA) is 62.3 Å². The number of alkyl halides is 3. The minimum Gasteiger partial charge on any atom is -0.322 e. The van der Waals surface area contributed by atoms with Crippen LogP contribution in [0.1, 0.15) is 26.4 Å². The largest absolute Gasteiger partial charge is 0.416 e. The van der Waals surface area contributed by atoms with E-state index in [0.717, 1.165) is 12.1 Å². The second kappa shape index (κ2) is 8.14. The maximum Gasteiger partial charge on any atom is 0.416 e. The van der Waals surface area contributed by atoms with Crippen LogP contribution < -0.4 is 10.2 Å². The molecule has 0 saturated heterocycles. The molecule has 0 saturated carbocycles. The molecule has 1 N–H and O–H groups in total. The number of carbonyl (C=O) groups excluding carboxylic acids is 2. The Bertz CT molecular complexity index is 1040. The minimum absolute atomic E-state index is 0.00378. The molecule has 0 bridgehead atoms. The van der Waals surface area contributed by atoms with Crippen molar-refractivity contribution in [2.24, 2.45) is 0 Å². The molecule has 0 spiro atoms. The molecule has 0 unspecified atom stereocenters. The van der Waals surface area contributed by atoms with Crippen molar-refractivity contribution in [2.75, 3.05) is 17.3 Å². The van der Waals surface area contributed by atoms with Gasteiger partial charge in [-0.2, -0.15) is 13.2 Å². The van der Waals surface area contributed by atoms with Gasteiger partial charge in [-0.25, -0.2) is 0 Å². The molecule has 8 heteroatoms. The molecule has 0 aliphatic heterocycles. The molecule has 148 valence electrons. The summed E-state index contributed by atoms with van der Waals surface area (Å²) in [4.78, 5) is 30.5. The van der Waals surface area contributed by atoms with E-state index in [1.807, 2.05) is 6.07 Å². The molecule has 29 heavy (non-hydrogen) atoms. The fraction of sp³-hybridized carbons (Fsp3) is 0.0952. The van der Waals surface area contributed by atoms with Crippen molar-refractivity contribution in [2.45, 2.75) is 6.18 Å². The molecule has 0 fully saturated rings. The number of hydrogen-bond donors (Lipinski definition) is 1. The van der Waals surface area contributed by atoms with E-state index in [-0.39, 0.29) is 16.9 Å². The summed E-state index contributed by atoms with van der Waals surface area (Å²) >= 11 is 0. The third-order valence-corrected chi connectivity index (χ3v) is 4.14. The summed E-state index contributed by atoms with van der Waals surface area (Å²) in [5.41, 5.74) is -0.0883. The highest BCUT2D eigenvalue weighted by atomic mass is 19.4. The first-order valence-corrected chi connectivity index (χ1v) is 8.53. The molecular formula is C21H16F3N3O2. The van der Waals surface area contributed by atoms with Gasteiger partial charge in [0.1, 0.15) is 5.69 Å². The van der Waals surface area contributed by atoms with Gasteiger partial charge < -0.3 is 10.2 Å². The molecule has 5 nitrogen and oxygen atoms in total. The van der Waals surface area contributed by atoms with Crippen molar-refractivity contribution < 1.29 is 22.8 Å². The Kier molecular flexibility index (Phi) is 5.63. The summed E-state index contributed by atoms with van der Waals surface area (Å²) in [7, 11) is 1.58. The van der Waals surface area contributed by atoms with E-state index < -0.39 is 23.6 Å². The Balaban J connectivity index is 1.79. The number of para-hydroxylation sites is 1. The van der Waals surface area contributed by atoms with Crippen molar-refractivity contribution in [3.8, 4) is 0 Å². The van der Waals surface area contributed by atoms with Crippen molar-refractivity contribution in [1.29, 1.82) is 0 Å². The maximum absolute atomic E-state index is 12.8. The first-order valence-electron chi connectivity index (χ1n) is 8.53. The normalized spacial score (nSPS) is 11.0. The van der Waals surface area contributed by atoms with Gasteiger partial charge in [-0.3, -0.25) is 14.6 Å². The number of nitrogens with zero attached hydrogens (tertiary/aromatic N) is 2. The molecule has 3 rings (SSSR count). The summed E-state index contributed by atoms with van der Waals surface area (Å²) in [5.74, 6) is -1.08. The number of benzene rings is 2. The van der Waals surface area contributed by atoms with Gasteiger partial charge in [-0.1, -0.05) is 24.3 Å². The summed E-state index contributed by atoms with van der Waals surface area (Å²) in [6.45, 7) is 0. The van der Waals surface area contributed by atoms with Gasteiger partial charge in [0.2, 0.25) is 0 Å². The smallest absolute Gasteiger partial charge is 0.322 e. The number of hydrogen-bond acceptors (Lipinski definition) is 3. The van der Waals surface area contributed by atoms with E-state index in [4.69, 9.17) is 0 Å². The van der Waals surface area contributed by atoms with Crippen molar-refractivity contribution in [3.63, 3.8) is 0 Å². The maximum atomic E-state index is 12.8. The van der Waals surface area contributed by atoms with Gasteiger partial charge >= 0.3 is 6.18 Å². The number of pyridine rings is 1. The zero-order valence-corrected chi connectivity index (χ0v) is 15.3. The fourth-order valence-corrected chi connectivity index (χ4v) is 2.61. The van der Waals surface area contributed by atoms with Crippen LogP contribution in [0.5, 0.6) is 0 Å². The number of carbonyl (C=O) groups is 2. The average Bonchev–Trinajstić information content (AvgIpc) is 2.73. The Morgan fingerprint density at radius 1 is 0.966 bits per heavy atom. The standard InChI is InChI=1S/C21H16F3N3O2/c1-27(17-8-3-2-4-9-17)20(29)18-12-14(10-11-25-18)19(28)26-16-7-5-6-15(13-16)21(22,23)24/h2-13H,1H3,(H,26,28). The molecule has 1 aromatic heterocycles. The molecule has 1 heterocycles. The molecule has 0 aliphatic rings. The summed E-state index contributed by atoms with van der Waals surface area (Å²) in [6, 6.07) is 15.9. The van der Waals surface area contributed by atoms with Crippen LogP contribution in [-0.4, -0.2) is 23.8 Å². The first kappa shape index (κ1) is 20.1. The van der Waals surface area contributed by atoms with E-state index >= 15 is 0 Å². The number of anilines is 2. The molecule has 0 aliphatic carbocycles. The molecule has 0 radical (unpaired) electrons. The van der Waals surface area contributed by atoms with Crippen LogP contribution in [0.2, 0.25) is 0 Å². The predicted octanol–water partition coefficient (Wildman–Crippen LogP) is 4.63. The van der Waals surface area contributed by atoms with E-state index in [2.05, 4.69) is 10.3 Å². The van der Waals surface area contributed by atoms with Crippen LogP contribution in [0.3, 0.4) is 0 Å². The molecule has 3 aromatic rings. The number of rotatable bonds is 4. The SMILES string of the molecule is CN(C(=O)c1cc(C(=O)Nc2cccc(C(F)(F)F)c2)ccn1)c1ccccc1. The first-order chi connectivity index (χ1) is 13.8. The Labute approximate surface area is 164 Å².